The van der Waals surface area contributed by atoms with Gasteiger partial charge in [-0.2, -0.15) is 0 Å². The Morgan fingerprint density at radius 3 is 2.73 bits per heavy atom. The SMILES string of the molecule is CC1CC(C(=O)N(CCBr)C2CC2)CO1. The van der Waals surface area contributed by atoms with Gasteiger partial charge in [-0.15, -0.1) is 0 Å². The van der Waals surface area contributed by atoms with Crippen LogP contribution in [0, 0.1) is 5.92 Å². The standard InChI is InChI=1S/C11H18BrNO2/c1-8-6-9(7-15-8)11(14)13(5-4-12)10-2-3-10/h8-10H,2-7H2,1H3. The van der Waals surface area contributed by atoms with Crippen LogP contribution in [0.25, 0.3) is 0 Å². The second kappa shape index (κ2) is 4.83. The summed E-state index contributed by atoms with van der Waals surface area (Å²) in [4.78, 5) is 14.2. The zero-order chi connectivity index (χ0) is 10.8. The third-order valence-electron chi connectivity index (χ3n) is 3.14. The Hall–Kier alpha value is -0.0900. The molecule has 86 valence electrons. The highest BCUT2D eigenvalue weighted by Crippen LogP contribution is 2.30. The fourth-order valence-electron chi connectivity index (χ4n) is 2.17. The maximum Gasteiger partial charge on any atom is 0.228 e. The fraction of sp³-hybridized carbons (Fsp3) is 0.909. The average Bonchev–Trinajstić information content (AvgIpc) is 2.96. The molecule has 0 bridgehead atoms. The lowest BCUT2D eigenvalue weighted by Crippen LogP contribution is -2.39. The Labute approximate surface area is 99.3 Å². The summed E-state index contributed by atoms with van der Waals surface area (Å²) in [6, 6.07) is 0.519. The smallest absolute Gasteiger partial charge is 0.228 e. The number of carbonyl (C=O) groups is 1. The molecule has 15 heavy (non-hydrogen) atoms. The number of alkyl halides is 1. The van der Waals surface area contributed by atoms with Crippen molar-refractivity contribution in [2.75, 3.05) is 18.5 Å². The Kier molecular flexibility index (Phi) is 3.67. The highest BCUT2D eigenvalue weighted by atomic mass is 79.9. The summed E-state index contributed by atoms with van der Waals surface area (Å²) in [7, 11) is 0. The minimum absolute atomic E-state index is 0.111. The summed E-state index contributed by atoms with van der Waals surface area (Å²) in [5.74, 6) is 0.418. The van der Waals surface area contributed by atoms with Gasteiger partial charge in [0, 0.05) is 17.9 Å². The molecule has 2 unspecified atom stereocenters. The predicted octanol–water partition coefficient (Wildman–Crippen LogP) is 1.80. The van der Waals surface area contributed by atoms with Crippen molar-refractivity contribution in [2.24, 2.45) is 5.92 Å². The molecule has 1 heterocycles. The molecule has 0 radical (unpaired) electrons. The molecule has 0 N–H and O–H groups in total. The first-order valence-corrected chi connectivity index (χ1v) is 6.82. The van der Waals surface area contributed by atoms with Gasteiger partial charge in [-0.25, -0.2) is 0 Å². The third-order valence-corrected chi connectivity index (χ3v) is 3.50. The van der Waals surface area contributed by atoms with Crippen LogP contribution < -0.4 is 0 Å². The first kappa shape index (κ1) is 11.4. The highest BCUT2D eigenvalue weighted by Gasteiger charge is 2.37. The number of carbonyl (C=O) groups excluding carboxylic acids is 1. The maximum atomic E-state index is 12.2. The molecule has 2 aliphatic rings. The lowest BCUT2D eigenvalue weighted by atomic mass is 10.0. The molecular weight excluding hydrogens is 258 g/mol. The van der Waals surface area contributed by atoms with Crippen LogP contribution in [0.5, 0.6) is 0 Å². The normalized spacial score (nSPS) is 30.5. The summed E-state index contributed by atoms with van der Waals surface area (Å²) >= 11 is 3.41. The first-order chi connectivity index (χ1) is 7.22. The van der Waals surface area contributed by atoms with Crippen LogP contribution in [0.1, 0.15) is 26.2 Å². The van der Waals surface area contributed by atoms with Gasteiger partial charge in [0.05, 0.1) is 18.6 Å². The number of nitrogens with zero attached hydrogens (tertiary/aromatic N) is 1. The van der Waals surface area contributed by atoms with Crippen molar-refractivity contribution in [1.82, 2.24) is 4.90 Å². The van der Waals surface area contributed by atoms with Gasteiger partial charge >= 0.3 is 0 Å². The lowest BCUT2D eigenvalue weighted by Gasteiger charge is -2.24. The van der Waals surface area contributed by atoms with Crippen molar-refractivity contribution in [3.05, 3.63) is 0 Å². The van der Waals surface area contributed by atoms with Gasteiger partial charge in [-0.3, -0.25) is 4.79 Å². The number of ether oxygens (including phenoxy) is 1. The Balaban J connectivity index is 1.91. The molecule has 2 rings (SSSR count). The van der Waals surface area contributed by atoms with Gasteiger partial charge in [0.15, 0.2) is 0 Å². The minimum atomic E-state index is 0.111. The fourth-order valence-corrected chi connectivity index (χ4v) is 2.56. The van der Waals surface area contributed by atoms with E-state index in [2.05, 4.69) is 15.9 Å². The molecule has 0 aromatic heterocycles. The van der Waals surface area contributed by atoms with Gasteiger partial charge in [0.1, 0.15) is 0 Å². The highest BCUT2D eigenvalue weighted by molar-refractivity contribution is 9.09. The molecule has 1 saturated heterocycles. The second-order valence-corrected chi connectivity index (χ2v) is 5.32. The zero-order valence-electron chi connectivity index (χ0n) is 9.12. The number of halogens is 1. The minimum Gasteiger partial charge on any atom is -0.378 e. The third kappa shape index (κ3) is 2.72. The Morgan fingerprint density at radius 2 is 2.27 bits per heavy atom. The molecular formula is C11H18BrNO2. The molecule has 2 fully saturated rings. The topological polar surface area (TPSA) is 29.5 Å². The number of rotatable bonds is 4. The number of hydrogen-bond acceptors (Lipinski definition) is 2. The van der Waals surface area contributed by atoms with E-state index < -0.39 is 0 Å². The van der Waals surface area contributed by atoms with Crippen LogP contribution in [-0.4, -0.2) is 41.4 Å². The van der Waals surface area contributed by atoms with Crippen molar-refractivity contribution in [3.63, 3.8) is 0 Å². The van der Waals surface area contributed by atoms with E-state index in [1.807, 2.05) is 11.8 Å². The lowest BCUT2D eigenvalue weighted by molar-refractivity contribution is -0.135. The molecule has 2 atom stereocenters. The molecule has 1 aliphatic carbocycles. The van der Waals surface area contributed by atoms with E-state index in [9.17, 15) is 4.79 Å². The van der Waals surface area contributed by atoms with Crippen LogP contribution in [-0.2, 0) is 9.53 Å². The molecule has 1 amide bonds. The van der Waals surface area contributed by atoms with Crippen LogP contribution in [0.4, 0.5) is 0 Å². The Morgan fingerprint density at radius 1 is 1.53 bits per heavy atom. The van der Waals surface area contributed by atoms with E-state index in [1.54, 1.807) is 0 Å². The predicted molar refractivity (Wildman–Crippen MR) is 62.1 cm³/mol. The molecule has 0 spiro atoms. The second-order valence-electron chi connectivity index (χ2n) is 4.53. The van der Waals surface area contributed by atoms with Gasteiger partial charge in [0.2, 0.25) is 5.91 Å². The van der Waals surface area contributed by atoms with Crippen molar-refractivity contribution in [3.8, 4) is 0 Å². The molecule has 0 aromatic rings. The van der Waals surface area contributed by atoms with Crippen molar-refractivity contribution in [1.29, 1.82) is 0 Å². The van der Waals surface area contributed by atoms with Crippen LogP contribution in [0.15, 0.2) is 0 Å². The number of amides is 1. The van der Waals surface area contributed by atoms with E-state index in [0.29, 0.717) is 18.6 Å². The summed E-state index contributed by atoms with van der Waals surface area (Å²) < 4.78 is 5.46. The summed E-state index contributed by atoms with van der Waals surface area (Å²) in [6.07, 6.45) is 3.51. The summed E-state index contributed by atoms with van der Waals surface area (Å²) in [5, 5.41) is 0.873. The van der Waals surface area contributed by atoms with Gasteiger partial charge < -0.3 is 9.64 Å². The molecule has 4 heteroatoms. The van der Waals surface area contributed by atoms with Crippen molar-refractivity contribution < 1.29 is 9.53 Å². The van der Waals surface area contributed by atoms with Crippen LogP contribution in [0.3, 0.4) is 0 Å². The van der Waals surface area contributed by atoms with Gasteiger partial charge in [-0.1, -0.05) is 15.9 Å². The first-order valence-electron chi connectivity index (χ1n) is 5.70. The average molecular weight is 276 g/mol. The monoisotopic (exact) mass is 275 g/mol. The van der Waals surface area contributed by atoms with E-state index >= 15 is 0 Å². The van der Waals surface area contributed by atoms with Crippen molar-refractivity contribution in [2.45, 2.75) is 38.3 Å². The van der Waals surface area contributed by atoms with E-state index in [-0.39, 0.29) is 12.0 Å². The quantitative estimate of drug-likeness (QED) is 0.733. The largest absolute Gasteiger partial charge is 0.378 e. The molecule has 0 aromatic carbocycles. The zero-order valence-corrected chi connectivity index (χ0v) is 10.7. The molecule has 3 nitrogen and oxygen atoms in total. The number of hydrogen-bond donors (Lipinski definition) is 0. The van der Waals surface area contributed by atoms with E-state index in [4.69, 9.17) is 4.74 Å². The molecule has 1 saturated carbocycles. The maximum absolute atomic E-state index is 12.2. The molecule has 1 aliphatic heterocycles. The van der Waals surface area contributed by atoms with E-state index in [0.717, 1.165) is 18.3 Å². The summed E-state index contributed by atoms with van der Waals surface area (Å²) in [6.45, 7) is 3.50. The van der Waals surface area contributed by atoms with Crippen molar-refractivity contribution >= 4 is 21.8 Å². The summed E-state index contributed by atoms with van der Waals surface area (Å²) in [5.41, 5.74) is 0. The van der Waals surface area contributed by atoms with Crippen LogP contribution in [0.2, 0.25) is 0 Å². The van der Waals surface area contributed by atoms with E-state index in [1.165, 1.54) is 12.8 Å². The Bertz CT molecular complexity index is 243. The van der Waals surface area contributed by atoms with Gasteiger partial charge in [0.25, 0.3) is 0 Å². The van der Waals surface area contributed by atoms with Crippen LogP contribution >= 0.6 is 15.9 Å². The van der Waals surface area contributed by atoms with Gasteiger partial charge in [-0.05, 0) is 26.2 Å².